The van der Waals surface area contributed by atoms with E-state index in [0.717, 1.165) is 27.9 Å². The molecule has 1 aliphatic heterocycles. The van der Waals surface area contributed by atoms with Crippen molar-refractivity contribution in [3.8, 4) is 0 Å². The van der Waals surface area contributed by atoms with Gasteiger partial charge in [-0.3, -0.25) is 4.79 Å². The molecule has 0 radical (unpaired) electrons. The van der Waals surface area contributed by atoms with E-state index in [0.29, 0.717) is 10.8 Å². The van der Waals surface area contributed by atoms with Gasteiger partial charge in [-0.2, -0.15) is 0 Å². The number of carbonyl (C=O) groups excluding carboxylic acids is 1. The number of rotatable bonds is 4. The normalized spacial score (nSPS) is 14.6. The van der Waals surface area contributed by atoms with Crippen molar-refractivity contribution in [2.24, 2.45) is 0 Å². The van der Waals surface area contributed by atoms with Crippen molar-refractivity contribution in [3.05, 3.63) is 45.7 Å². The van der Waals surface area contributed by atoms with Gasteiger partial charge in [0.15, 0.2) is 9.84 Å². The predicted molar refractivity (Wildman–Crippen MR) is 95.8 cm³/mol. The van der Waals surface area contributed by atoms with Gasteiger partial charge in [0.25, 0.3) is 0 Å². The molecule has 2 heterocycles. The van der Waals surface area contributed by atoms with Gasteiger partial charge in [-0.25, -0.2) is 8.42 Å². The molecule has 0 spiro atoms. The van der Waals surface area contributed by atoms with Crippen molar-refractivity contribution in [2.75, 3.05) is 17.2 Å². The summed E-state index contributed by atoms with van der Waals surface area (Å²) in [6, 6.07) is 11.1. The van der Waals surface area contributed by atoms with E-state index >= 15 is 0 Å². The fourth-order valence-electron chi connectivity index (χ4n) is 2.71. The Kier molecular flexibility index (Phi) is 4.89. The highest BCUT2D eigenvalue weighted by atomic mass is 79.9. The number of hydrogen-bond acceptors (Lipinski definition) is 4. The summed E-state index contributed by atoms with van der Waals surface area (Å²) in [5.74, 6) is -0.284. The molecule has 23 heavy (non-hydrogen) atoms. The Bertz CT molecular complexity index is 829. The van der Waals surface area contributed by atoms with Crippen molar-refractivity contribution in [3.63, 3.8) is 0 Å². The minimum absolute atomic E-state index is 0.00614. The first kappa shape index (κ1) is 16.7. The highest BCUT2D eigenvalue weighted by Crippen LogP contribution is 2.29. The zero-order valence-corrected chi connectivity index (χ0v) is 15.6. The van der Waals surface area contributed by atoms with E-state index in [2.05, 4.69) is 15.9 Å². The van der Waals surface area contributed by atoms with E-state index in [1.54, 1.807) is 17.0 Å². The van der Waals surface area contributed by atoms with E-state index in [4.69, 9.17) is 0 Å². The van der Waals surface area contributed by atoms with E-state index < -0.39 is 9.84 Å². The van der Waals surface area contributed by atoms with Crippen molar-refractivity contribution in [1.82, 2.24) is 0 Å². The maximum absolute atomic E-state index is 12.5. The number of hydrogen-bond donors (Lipinski definition) is 0. The lowest BCUT2D eigenvalue weighted by Gasteiger charge is -2.29. The average molecular weight is 414 g/mol. The second-order valence-electron chi connectivity index (χ2n) is 5.41. The molecule has 0 atom stereocenters. The maximum atomic E-state index is 12.5. The number of carbonyl (C=O) groups is 1. The van der Waals surface area contributed by atoms with Crippen LogP contribution in [0.15, 0.2) is 44.4 Å². The Morgan fingerprint density at radius 1 is 1.22 bits per heavy atom. The SMILES string of the molecule is O=C(CCS(=O)(=O)c1ccc(Br)s1)N1CCCc2ccccc21. The largest absolute Gasteiger partial charge is 0.312 e. The molecule has 1 aromatic carbocycles. The minimum atomic E-state index is -3.41. The lowest BCUT2D eigenvalue weighted by atomic mass is 10.0. The van der Waals surface area contributed by atoms with Crippen LogP contribution < -0.4 is 4.90 Å². The molecule has 7 heteroatoms. The van der Waals surface area contributed by atoms with Crippen LogP contribution in [0.5, 0.6) is 0 Å². The molecule has 2 aromatic rings. The molecule has 0 fully saturated rings. The standard InChI is InChI=1S/C16H16BrNO3S2/c17-14-7-8-16(22-14)23(20,21)11-9-15(19)18-10-3-5-12-4-1-2-6-13(12)18/h1-2,4,6-8H,3,5,9-11H2. The number of halogens is 1. The van der Waals surface area contributed by atoms with Crippen LogP contribution in [0.2, 0.25) is 0 Å². The summed E-state index contributed by atoms with van der Waals surface area (Å²) in [5.41, 5.74) is 2.07. The molecule has 1 amide bonds. The molecule has 0 bridgehead atoms. The second kappa shape index (κ2) is 6.75. The van der Waals surface area contributed by atoms with Crippen molar-refractivity contribution in [1.29, 1.82) is 0 Å². The molecule has 1 aromatic heterocycles. The summed E-state index contributed by atoms with van der Waals surface area (Å²) in [7, 11) is -3.41. The Balaban J connectivity index is 1.71. The van der Waals surface area contributed by atoms with Crippen molar-refractivity contribution >= 4 is 48.7 Å². The lowest BCUT2D eigenvalue weighted by Crippen LogP contribution is -2.36. The van der Waals surface area contributed by atoms with Crippen LogP contribution in [0.1, 0.15) is 18.4 Å². The van der Waals surface area contributed by atoms with Crippen LogP contribution >= 0.6 is 27.3 Å². The summed E-state index contributed by atoms with van der Waals surface area (Å²) in [5, 5.41) is 0. The van der Waals surface area contributed by atoms with Crippen molar-refractivity contribution < 1.29 is 13.2 Å². The Morgan fingerprint density at radius 3 is 2.74 bits per heavy atom. The van der Waals surface area contributed by atoms with Gasteiger partial charge < -0.3 is 4.90 Å². The molecule has 0 N–H and O–H groups in total. The molecule has 0 saturated heterocycles. The predicted octanol–water partition coefficient (Wildman–Crippen LogP) is 3.65. The van der Waals surface area contributed by atoms with Gasteiger partial charge in [0.1, 0.15) is 4.21 Å². The van der Waals surface area contributed by atoms with Crippen LogP contribution in [0, 0.1) is 0 Å². The van der Waals surface area contributed by atoms with Gasteiger partial charge >= 0.3 is 0 Å². The second-order valence-corrected chi connectivity index (χ2v) is 10.2. The van der Waals surface area contributed by atoms with Crippen LogP contribution in [0.25, 0.3) is 0 Å². The van der Waals surface area contributed by atoms with E-state index in [1.807, 2.05) is 24.3 Å². The number of aryl methyl sites for hydroxylation is 1. The quantitative estimate of drug-likeness (QED) is 0.768. The van der Waals surface area contributed by atoms with Crippen molar-refractivity contribution in [2.45, 2.75) is 23.5 Å². The van der Waals surface area contributed by atoms with Gasteiger partial charge in [-0.05, 0) is 52.5 Å². The highest BCUT2D eigenvalue weighted by molar-refractivity contribution is 9.11. The first-order valence-electron chi connectivity index (χ1n) is 7.34. The van der Waals surface area contributed by atoms with Crippen LogP contribution in [0.3, 0.4) is 0 Å². The van der Waals surface area contributed by atoms with E-state index in [9.17, 15) is 13.2 Å². The zero-order valence-electron chi connectivity index (χ0n) is 12.4. The number of fused-ring (bicyclic) bond motifs is 1. The average Bonchev–Trinajstić information content (AvgIpc) is 2.99. The summed E-state index contributed by atoms with van der Waals surface area (Å²) >= 11 is 4.44. The van der Waals surface area contributed by atoms with Crippen LogP contribution in [0.4, 0.5) is 5.69 Å². The lowest BCUT2D eigenvalue weighted by molar-refractivity contribution is -0.118. The van der Waals surface area contributed by atoms with Gasteiger partial charge in [-0.15, -0.1) is 11.3 Å². The van der Waals surface area contributed by atoms with E-state index in [-0.39, 0.29) is 18.1 Å². The zero-order chi connectivity index (χ0) is 16.4. The number of anilines is 1. The first-order chi connectivity index (χ1) is 11.0. The minimum Gasteiger partial charge on any atom is -0.312 e. The Hall–Kier alpha value is -1.18. The summed E-state index contributed by atoms with van der Waals surface area (Å²) in [6.45, 7) is 0.653. The van der Waals surface area contributed by atoms with Gasteiger partial charge in [0.2, 0.25) is 5.91 Å². The van der Waals surface area contributed by atoms with Crippen LogP contribution in [-0.2, 0) is 21.1 Å². The fourth-order valence-corrected chi connectivity index (χ4v) is 6.10. The number of sulfone groups is 1. The monoisotopic (exact) mass is 413 g/mol. The smallest absolute Gasteiger partial charge is 0.228 e. The molecule has 122 valence electrons. The third-order valence-electron chi connectivity index (χ3n) is 3.85. The third kappa shape index (κ3) is 3.67. The molecule has 4 nitrogen and oxygen atoms in total. The van der Waals surface area contributed by atoms with Crippen LogP contribution in [-0.4, -0.2) is 26.6 Å². The topological polar surface area (TPSA) is 54.5 Å². The number of nitrogens with zero attached hydrogens (tertiary/aromatic N) is 1. The number of benzene rings is 1. The third-order valence-corrected chi connectivity index (χ3v) is 7.77. The van der Waals surface area contributed by atoms with Gasteiger partial charge in [0.05, 0.1) is 9.54 Å². The number of thiophene rings is 1. The van der Waals surface area contributed by atoms with E-state index in [1.165, 1.54) is 11.3 Å². The summed E-state index contributed by atoms with van der Waals surface area (Å²) < 4.78 is 25.7. The summed E-state index contributed by atoms with van der Waals surface area (Å²) in [6.07, 6.45) is 1.88. The molecular weight excluding hydrogens is 398 g/mol. The molecule has 3 rings (SSSR count). The maximum Gasteiger partial charge on any atom is 0.228 e. The molecule has 0 aliphatic carbocycles. The highest BCUT2D eigenvalue weighted by Gasteiger charge is 2.25. The molecule has 0 unspecified atom stereocenters. The number of amides is 1. The molecule has 0 saturated carbocycles. The Morgan fingerprint density at radius 2 is 2.00 bits per heavy atom. The first-order valence-corrected chi connectivity index (χ1v) is 10.6. The van der Waals surface area contributed by atoms with Gasteiger partial charge in [0, 0.05) is 18.7 Å². The molecular formula is C16H16BrNO3S2. The molecule has 1 aliphatic rings. The fraction of sp³-hybridized carbons (Fsp3) is 0.312. The number of para-hydroxylation sites is 1. The Labute approximate surface area is 148 Å². The van der Waals surface area contributed by atoms with Gasteiger partial charge in [-0.1, -0.05) is 18.2 Å². The summed E-state index contributed by atoms with van der Waals surface area (Å²) in [4.78, 5) is 14.2.